The van der Waals surface area contributed by atoms with Gasteiger partial charge in [0, 0.05) is 26.7 Å². The summed E-state index contributed by atoms with van der Waals surface area (Å²) in [5, 5.41) is 3.52. The Kier molecular flexibility index (Phi) is 12.3. The van der Waals surface area contributed by atoms with Gasteiger partial charge in [-0.15, -0.1) is 12.4 Å². The highest BCUT2D eigenvalue weighted by Gasteiger charge is 2.33. The molecule has 0 bridgehead atoms. The smallest absolute Gasteiger partial charge is 0.309 e. The lowest BCUT2D eigenvalue weighted by atomic mass is 9.92. The van der Waals surface area contributed by atoms with Crippen LogP contribution in [0.2, 0.25) is 0 Å². The van der Waals surface area contributed by atoms with Crippen molar-refractivity contribution in [1.82, 2.24) is 14.5 Å². The van der Waals surface area contributed by atoms with E-state index in [0.717, 1.165) is 44.5 Å². The van der Waals surface area contributed by atoms with Gasteiger partial charge in [0.15, 0.2) is 0 Å². The fraction of sp³-hybridized carbons (Fsp3) is 0.519. The van der Waals surface area contributed by atoms with Crippen LogP contribution in [-0.2, 0) is 19.6 Å². The lowest BCUT2D eigenvalue weighted by Crippen LogP contribution is -2.52. The van der Waals surface area contributed by atoms with Gasteiger partial charge < -0.3 is 10.1 Å². The van der Waals surface area contributed by atoms with Crippen molar-refractivity contribution in [2.24, 2.45) is 5.92 Å². The molecule has 0 amide bonds. The van der Waals surface area contributed by atoms with E-state index < -0.39 is 10.0 Å². The zero-order valence-electron chi connectivity index (χ0n) is 21.5. The lowest BCUT2D eigenvalue weighted by molar-refractivity contribution is -0.150. The van der Waals surface area contributed by atoms with Crippen LogP contribution in [0.4, 0.5) is 0 Å². The zero-order chi connectivity index (χ0) is 25.3. The number of sulfonamides is 1. The summed E-state index contributed by atoms with van der Waals surface area (Å²) in [6.07, 6.45) is 2.42. The van der Waals surface area contributed by atoms with Crippen LogP contribution in [0, 0.1) is 5.92 Å². The van der Waals surface area contributed by atoms with Gasteiger partial charge in [-0.1, -0.05) is 55.5 Å². The maximum absolute atomic E-state index is 13.2. The molecule has 3 atom stereocenters. The molecule has 7 nitrogen and oxygen atoms in total. The number of carbonyl (C=O) groups excluding carboxylic acids is 1. The summed E-state index contributed by atoms with van der Waals surface area (Å²) in [4.78, 5) is 15.0. The topological polar surface area (TPSA) is 79.0 Å². The number of rotatable bonds is 12. The van der Waals surface area contributed by atoms with Crippen LogP contribution < -0.4 is 5.32 Å². The Morgan fingerprint density at radius 3 is 2.36 bits per heavy atom. The van der Waals surface area contributed by atoms with E-state index in [9.17, 15) is 13.2 Å². The van der Waals surface area contributed by atoms with Crippen molar-refractivity contribution in [2.75, 3.05) is 39.8 Å². The largest absolute Gasteiger partial charge is 0.466 e. The van der Waals surface area contributed by atoms with Crippen molar-refractivity contribution in [3.63, 3.8) is 0 Å². The number of carbonyl (C=O) groups is 1. The summed E-state index contributed by atoms with van der Waals surface area (Å²) in [5.41, 5.74) is 1.13. The number of likely N-dealkylation sites (tertiary alicyclic amines) is 1. The summed E-state index contributed by atoms with van der Waals surface area (Å²) in [6, 6.07) is 18.7. The van der Waals surface area contributed by atoms with Crippen LogP contribution in [0.15, 0.2) is 65.6 Å². The highest BCUT2D eigenvalue weighted by molar-refractivity contribution is 7.89. The number of esters is 1. The summed E-state index contributed by atoms with van der Waals surface area (Å²) in [6.45, 7) is 7.15. The van der Waals surface area contributed by atoms with E-state index in [2.05, 4.69) is 29.3 Å². The van der Waals surface area contributed by atoms with Crippen molar-refractivity contribution >= 4 is 28.4 Å². The van der Waals surface area contributed by atoms with Gasteiger partial charge in [-0.05, 0) is 56.3 Å². The summed E-state index contributed by atoms with van der Waals surface area (Å²) >= 11 is 0. The first-order valence-electron chi connectivity index (χ1n) is 12.6. The Hall–Kier alpha value is -1.97. The van der Waals surface area contributed by atoms with E-state index in [-0.39, 0.29) is 36.4 Å². The monoisotopic (exact) mass is 537 g/mol. The number of hydrogen-bond donors (Lipinski definition) is 1. The third-order valence-corrected chi connectivity index (χ3v) is 8.58. The SMILES string of the molecule is CCNC1CC(C(=O)OCC)CCN1CCC(CN(C)S(=O)(=O)c1ccccc1)c1ccccc1.Cl. The normalized spacial score (nSPS) is 19.4. The van der Waals surface area contributed by atoms with Gasteiger partial charge in [0.05, 0.1) is 23.6 Å². The molecule has 9 heteroatoms. The van der Waals surface area contributed by atoms with Crippen molar-refractivity contribution in [2.45, 2.75) is 50.1 Å². The number of nitrogens with zero attached hydrogens (tertiary/aromatic N) is 2. The first-order chi connectivity index (χ1) is 16.9. The second-order valence-electron chi connectivity index (χ2n) is 9.08. The molecule has 0 saturated carbocycles. The first kappa shape index (κ1) is 30.3. The molecule has 0 spiro atoms. The van der Waals surface area contributed by atoms with Gasteiger partial charge in [0.1, 0.15) is 0 Å². The van der Waals surface area contributed by atoms with Gasteiger partial charge in [0.2, 0.25) is 10.0 Å². The van der Waals surface area contributed by atoms with Crippen molar-refractivity contribution in [1.29, 1.82) is 0 Å². The molecule has 1 fully saturated rings. The van der Waals surface area contributed by atoms with Gasteiger partial charge >= 0.3 is 5.97 Å². The average molecular weight is 538 g/mol. The summed E-state index contributed by atoms with van der Waals surface area (Å²) in [7, 11) is -1.91. The van der Waals surface area contributed by atoms with Gasteiger partial charge in [-0.25, -0.2) is 12.7 Å². The van der Waals surface area contributed by atoms with Gasteiger partial charge in [-0.2, -0.15) is 0 Å². The van der Waals surface area contributed by atoms with E-state index >= 15 is 0 Å². The highest BCUT2D eigenvalue weighted by atomic mass is 35.5. The molecule has 1 aliphatic heterocycles. The van der Waals surface area contributed by atoms with Crippen molar-refractivity contribution in [3.05, 3.63) is 66.2 Å². The number of nitrogens with one attached hydrogen (secondary N) is 1. The van der Waals surface area contributed by atoms with Gasteiger partial charge in [-0.3, -0.25) is 9.69 Å². The van der Waals surface area contributed by atoms with Crippen LogP contribution in [0.1, 0.15) is 44.6 Å². The quantitative estimate of drug-likeness (QED) is 0.410. The minimum Gasteiger partial charge on any atom is -0.466 e. The lowest BCUT2D eigenvalue weighted by Gasteiger charge is -2.39. The molecule has 36 heavy (non-hydrogen) atoms. The van der Waals surface area contributed by atoms with E-state index in [1.807, 2.05) is 31.2 Å². The van der Waals surface area contributed by atoms with Crippen LogP contribution in [0.5, 0.6) is 0 Å². The highest BCUT2D eigenvalue weighted by Crippen LogP contribution is 2.27. The molecule has 0 aromatic heterocycles. The Labute approximate surface area is 222 Å². The standard InChI is InChI=1S/C27H39N3O4S.ClH/c1-4-28-26-20-23(27(31)34-5-2)16-18-30(26)19-17-24(22-12-8-6-9-13-22)21-29(3)35(32,33)25-14-10-7-11-15-25;/h6-15,23-24,26,28H,4-5,16-21H2,1-3H3;1H. The molecule has 0 aliphatic carbocycles. The first-order valence-corrected chi connectivity index (χ1v) is 14.0. The predicted octanol–water partition coefficient (Wildman–Crippen LogP) is 4.11. The van der Waals surface area contributed by atoms with Crippen molar-refractivity contribution < 1.29 is 17.9 Å². The fourth-order valence-corrected chi connectivity index (χ4v) is 6.03. The Bertz CT molecular complexity index is 1020. The number of hydrogen-bond acceptors (Lipinski definition) is 6. The van der Waals surface area contributed by atoms with E-state index in [0.29, 0.717) is 18.0 Å². The maximum Gasteiger partial charge on any atom is 0.309 e. The third kappa shape index (κ3) is 8.02. The minimum absolute atomic E-state index is 0. The van der Waals surface area contributed by atoms with Crippen LogP contribution in [0.25, 0.3) is 0 Å². The molecule has 1 saturated heterocycles. The Morgan fingerprint density at radius 2 is 1.75 bits per heavy atom. The number of benzene rings is 2. The molecular formula is C27H40ClN3O4S. The molecule has 3 unspecified atom stereocenters. The second kappa shape index (κ2) is 14.7. The zero-order valence-corrected chi connectivity index (χ0v) is 23.1. The van der Waals surface area contributed by atoms with Crippen molar-refractivity contribution in [3.8, 4) is 0 Å². The number of halogens is 1. The fourth-order valence-electron chi connectivity index (χ4n) is 4.79. The summed E-state index contributed by atoms with van der Waals surface area (Å²) in [5.74, 6) is -0.142. The molecule has 0 radical (unpaired) electrons. The van der Waals surface area contributed by atoms with E-state index in [1.54, 1.807) is 31.3 Å². The minimum atomic E-state index is -3.57. The number of piperidine rings is 1. The average Bonchev–Trinajstić information content (AvgIpc) is 2.88. The van der Waals surface area contributed by atoms with Crippen LogP contribution >= 0.6 is 12.4 Å². The number of ether oxygens (including phenoxy) is 1. The molecule has 1 N–H and O–H groups in total. The Morgan fingerprint density at radius 1 is 1.11 bits per heavy atom. The molecule has 200 valence electrons. The summed E-state index contributed by atoms with van der Waals surface area (Å²) < 4.78 is 33.0. The second-order valence-corrected chi connectivity index (χ2v) is 11.1. The van der Waals surface area contributed by atoms with Gasteiger partial charge in [0.25, 0.3) is 0 Å². The molecule has 1 aliphatic rings. The maximum atomic E-state index is 13.2. The van der Waals surface area contributed by atoms with E-state index in [4.69, 9.17) is 4.74 Å². The van der Waals surface area contributed by atoms with E-state index in [1.165, 1.54) is 4.31 Å². The third-order valence-electron chi connectivity index (χ3n) is 6.74. The predicted molar refractivity (Wildman–Crippen MR) is 146 cm³/mol. The molecule has 3 rings (SSSR count). The molecule has 1 heterocycles. The van der Waals surface area contributed by atoms with Crippen LogP contribution in [0.3, 0.4) is 0 Å². The van der Waals surface area contributed by atoms with Crippen LogP contribution in [-0.4, -0.2) is 69.6 Å². The Balaban J connectivity index is 0.00000456. The molecular weight excluding hydrogens is 498 g/mol. The molecule has 2 aromatic carbocycles. The molecule has 2 aromatic rings. The number of likely N-dealkylation sites (N-methyl/N-ethyl adjacent to an activating group) is 1.